The first-order valence-electron chi connectivity index (χ1n) is 11.7. The van der Waals surface area contributed by atoms with Gasteiger partial charge >= 0.3 is 0 Å². The highest BCUT2D eigenvalue weighted by Crippen LogP contribution is 2.47. The smallest absolute Gasteiger partial charge is 0.123 e. The van der Waals surface area contributed by atoms with Crippen LogP contribution < -0.4 is 4.90 Å². The molecule has 3 heteroatoms. The van der Waals surface area contributed by atoms with Crippen molar-refractivity contribution in [2.75, 3.05) is 11.4 Å². The van der Waals surface area contributed by atoms with Crippen LogP contribution in [-0.2, 0) is 12.0 Å². The molecule has 5 rings (SSSR count). The zero-order valence-electron chi connectivity index (χ0n) is 19.5. The quantitative estimate of drug-likeness (QED) is 0.416. The molecule has 2 unspecified atom stereocenters. The van der Waals surface area contributed by atoms with Gasteiger partial charge in [-0.15, -0.1) is 12.6 Å². The monoisotopic (exact) mass is 453 g/mol. The average molecular weight is 454 g/mol. The van der Waals surface area contributed by atoms with E-state index in [0.29, 0.717) is 0 Å². The van der Waals surface area contributed by atoms with E-state index in [0.717, 1.165) is 34.6 Å². The van der Waals surface area contributed by atoms with Crippen LogP contribution in [0.4, 0.5) is 11.4 Å². The molecule has 0 bridgehead atoms. The van der Waals surface area contributed by atoms with Crippen LogP contribution in [-0.4, -0.2) is 11.7 Å². The summed E-state index contributed by atoms with van der Waals surface area (Å²) < 4.78 is 0. The van der Waals surface area contributed by atoms with Crippen LogP contribution in [0.2, 0.25) is 0 Å². The largest absolute Gasteiger partial charge is 0.380 e. The number of rotatable bonds is 4. The summed E-state index contributed by atoms with van der Waals surface area (Å²) in [5.41, 5.74) is 6.78. The number of allylic oxidation sites excluding steroid dienone is 3. The lowest BCUT2D eigenvalue weighted by Gasteiger charge is -2.41. The summed E-state index contributed by atoms with van der Waals surface area (Å²) in [6.07, 6.45) is 7.61. The average Bonchev–Trinajstić information content (AvgIpc) is 3.23. The molecule has 3 aromatic rings. The van der Waals surface area contributed by atoms with E-state index in [4.69, 9.17) is 12.6 Å². The van der Waals surface area contributed by atoms with Gasteiger partial charge in [0.05, 0.1) is 0 Å². The summed E-state index contributed by atoms with van der Waals surface area (Å²) in [5.74, 6) is 0.101. The van der Waals surface area contributed by atoms with E-state index in [1.807, 2.05) is 24.3 Å². The number of benzene rings is 3. The molecule has 1 aliphatic carbocycles. The molecule has 0 saturated heterocycles. The predicted octanol–water partition coefficient (Wildman–Crippen LogP) is 6.98. The Morgan fingerprint density at radius 3 is 2.48 bits per heavy atom. The van der Waals surface area contributed by atoms with Crippen LogP contribution in [0.25, 0.3) is 0 Å². The highest BCUT2D eigenvalue weighted by molar-refractivity contribution is 7.80. The molecule has 1 N–H and O–H groups in total. The SMILES string of the molecule is CC1=CC(C)C([C@](O)(c2ccc(N3CCc4ccccc43)cc2C)c2ccccc2S)C=C1. The van der Waals surface area contributed by atoms with Crippen LogP contribution in [0.15, 0.2) is 95.4 Å². The van der Waals surface area contributed by atoms with Crippen molar-refractivity contribution in [3.8, 4) is 0 Å². The number of para-hydroxylation sites is 1. The molecule has 0 fully saturated rings. The molecule has 0 amide bonds. The predicted molar refractivity (Wildman–Crippen MR) is 141 cm³/mol. The Bertz CT molecular complexity index is 1260. The van der Waals surface area contributed by atoms with Crippen molar-refractivity contribution in [3.63, 3.8) is 0 Å². The highest BCUT2D eigenvalue weighted by atomic mass is 32.1. The summed E-state index contributed by atoms with van der Waals surface area (Å²) in [5, 5.41) is 12.6. The summed E-state index contributed by atoms with van der Waals surface area (Å²) >= 11 is 4.76. The molecule has 0 spiro atoms. The van der Waals surface area contributed by atoms with Gasteiger partial charge in [-0.3, -0.25) is 0 Å². The first kappa shape index (κ1) is 22.1. The van der Waals surface area contributed by atoms with Crippen molar-refractivity contribution in [2.45, 2.75) is 37.7 Å². The third kappa shape index (κ3) is 3.74. The van der Waals surface area contributed by atoms with E-state index >= 15 is 0 Å². The first-order valence-corrected chi connectivity index (χ1v) is 12.2. The molecule has 0 aromatic heterocycles. The molecule has 168 valence electrons. The Morgan fingerprint density at radius 1 is 0.970 bits per heavy atom. The minimum Gasteiger partial charge on any atom is -0.380 e. The zero-order chi connectivity index (χ0) is 23.2. The lowest BCUT2D eigenvalue weighted by molar-refractivity contribution is 0.0186. The highest BCUT2D eigenvalue weighted by Gasteiger charge is 2.44. The molecule has 33 heavy (non-hydrogen) atoms. The Morgan fingerprint density at radius 2 is 1.73 bits per heavy atom. The van der Waals surface area contributed by atoms with E-state index in [-0.39, 0.29) is 11.8 Å². The number of aliphatic hydroxyl groups is 1. The van der Waals surface area contributed by atoms with Crippen LogP contribution >= 0.6 is 12.6 Å². The van der Waals surface area contributed by atoms with Crippen LogP contribution in [0, 0.1) is 18.8 Å². The Kier molecular flexibility index (Phi) is 5.72. The number of nitrogens with zero attached hydrogens (tertiary/aromatic N) is 1. The maximum atomic E-state index is 12.6. The van der Waals surface area contributed by atoms with E-state index in [2.05, 4.69) is 86.4 Å². The second-order valence-electron chi connectivity index (χ2n) is 9.47. The van der Waals surface area contributed by atoms with Gasteiger partial charge in [-0.05, 0) is 67.1 Å². The molecule has 2 aliphatic rings. The van der Waals surface area contributed by atoms with E-state index in [9.17, 15) is 5.11 Å². The molecule has 3 aromatic carbocycles. The summed E-state index contributed by atoms with van der Waals surface area (Å²) in [6, 6.07) is 23.1. The summed E-state index contributed by atoms with van der Waals surface area (Å²) in [4.78, 5) is 3.19. The van der Waals surface area contributed by atoms with Gasteiger partial charge in [0.25, 0.3) is 0 Å². The molecule has 2 nitrogen and oxygen atoms in total. The summed E-state index contributed by atoms with van der Waals surface area (Å²) in [7, 11) is 0. The summed E-state index contributed by atoms with van der Waals surface area (Å²) in [6.45, 7) is 7.40. The van der Waals surface area contributed by atoms with Crippen molar-refractivity contribution in [2.24, 2.45) is 11.8 Å². The second-order valence-corrected chi connectivity index (χ2v) is 9.95. The Hall–Kier alpha value is -2.75. The van der Waals surface area contributed by atoms with Crippen molar-refractivity contribution < 1.29 is 5.11 Å². The standard InChI is InChI=1S/C30H31NOS/c1-20-12-14-25(21(2)18-20)30(32,27-9-5-7-11-29(27)33)26-15-13-24(19-22(26)3)31-17-16-23-8-4-6-10-28(23)31/h4-15,18-19,21,25,32-33H,16-17H2,1-3H3/t21?,25?,30-/m0/s1. The van der Waals surface area contributed by atoms with Crippen molar-refractivity contribution in [3.05, 3.63) is 113 Å². The van der Waals surface area contributed by atoms with Gasteiger partial charge in [-0.25, -0.2) is 0 Å². The Balaban J connectivity index is 1.62. The van der Waals surface area contributed by atoms with Gasteiger partial charge in [-0.1, -0.05) is 73.2 Å². The topological polar surface area (TPSA) is 23.5 Å². The minimum absolute atomic E-state index is 0.0911. The van der Waals surface area contributed by atoms with Gasteiger partial charge in [0.15, 0.2) is 0 Å². The van der Waals surface area contributed by atoms with Crippen LogP contribution in [0.5, 0.6) is 0 Å². The number of fused-ring (bicyclic) bond motifs is 1. The van der Waals surface area contributed by atoms with Crippen molar-refractivity contribution >= 4 is 24.0 Å². The fourth-order valence-corrected chi connectivity index (χ4v) is 6.01. The number of hydrogen-bond donors (Lipinski definition) is 2. The lowest BCUT2D eigenvalue weighted by atomic mass is 9.68. The maximum absolute atomic E-state index is 12.6. The van der Waals surface area contributed by atoms with E-state index < -0.39 is 5.60 Å². The lowest BCUT2D eigenvalue weighted by Crippen LogP contribution is -2.40. The van der Waals surface area contributed by atoms with E-state index in [1.165, 1.54) is 22.5 Å². The number of hydrogen-bond acceptors (Lipinski definition) is 3. The van der Waals surface area contributed by atoms with Gasteiger partial charge in [-0.2, -0.15) is 0 Å². The molecule has 0 saturated carbocycles. The van der Waals surface area contributed by atoms with E-state index in [1.54, 1.807) is 0 Å². The number of anilines is 2. The second kappa shape index (κ2) is 8.55. The molecule has 1 heterocycles. The zero-order valence-corrected chi connectivity index (χ0v) is 20.4. The minimum atomic E-state index is -1.18. The normalized spacial score (nSPS) is 21.5. The molecule has 3 atom stereocenters. The van der Waals surface area contributed by atoms with Gasteiger partial charge in [0, 0.05) is 34.3 Å². The fraction of sp³-hybridized carbons (Fsp3) is 0.267. The van der Waals surface area contributed by atoms with Gasteiger partial charge in [0.1, 0.15) is 5.60 Å². The molecule has 0 radical (unpaired) electrons. The molecule has 1 aliphatic heterocycles. The third-order valence-electron chi connectivity index (χ3n) is 7.28. The van der Waals surface area contributed by atoms with Gasteiger partial charge < -0.3 is 10.0 Å². The number of thiol groups is 1. The number of aryl methyl sites for hydroxylation is 1. The first-order chi connectivity index (χ1) is 15.9. The fourth-order valence-electron chi connectivity index (χ4n) is 5.67. The molecular weight excluding hydrogens is 422 g/mol. The van der Waals surface area contributed by atoms with Gasteiger partial charge in [0.2, 0.25) is 0 Å². The van der Waals surface area contributed by atoms with Crippen molar-refractivity contribution in [1.29, 1.82) is 0 Å². The maximum Gasteiger partial charge on any atom is 0.123 e. The van der Waals surface area contributed by atoms with Crippen molar-refractivity contribution in [1.82, 2.24) is 0 Å². The molecular formula is C30H31NOS. The third-order valence-corrected chi connectivity index (χ3v) is 7.67. The van der Waals surface area contributed by atoms with Crippen LogP contribution in [0.1, 0.15) is 36.1 Å². The van der Waals surface area contributed by atoms with Crippen LogP contribution in [0.3, 0.4) is 0 Å². The Labute approximate surface area is 202 Å².